The third-order valence-corrected chi connectivity index (χ3v) is 7.20. The molecule has 5 rings (SSSR count). The molecule has 1 unspecified atom stereocenters. The first-order chi connectivity index (χ1) is 18.8. The number of carbonyl (C=O) groups excluding carboxylic acids is 1. The lowest BCUT2D eigenvalue weighted by molar-refractivity contribution is 0.0702. The summed E-state index contributed by atoms with van der Waals surface area (Å²) in [6.45, 7) is 8.47. The number of nitrogens with two attached hydrogens (primary N) is 1. The first-order valence-corrected chi connectivity index (χ1v) is 13.0. The van der Waals surface area contributed by atoms with E-state index in [4.69, 9.17) is 24.4 Å². The Morgan fingerprint density at radius 1 is 1.05 bits per heavy atom. The number of hydrogen-bond donors (Lipinski definition) is 1. The van der Waals surface area contributed by atoms with Crippen LogP contribution in [0, 0.1) is 32.1 Å². The van der Waals surface area contributed by atoms with Gasteiger partial charge in [-0.3, -0.25) is 0 Å². The molecule has 39 heavy (non-hydrogen) atoms. The second-order valence-electron chi connectivity index (χ2n) is 9.69. The molecule has 2 N–H and O–H groups in total. The van der Waals surface area contributed by atoms with Crippen LogP contribution in [0.3, 0.4) is 0 Å². The molecule has 0 spiro atoms. The van der Waals surface area contributed by atoms with Crippen LogP contribution in [0.5, 0.6) is 17.2 Å². The smallest absolute Gasteiger partial charge is 0.379 e. The summed E-state index contributed by atoms with van der Waals surface area (Å²) in [5.74, 6) is 0.407. The average Bonchev–Trinajstić information content (AvgIpc) is 3.27. The molecular formula is C32H30N2O5. The number of allylic oxidation sites excluding steroid dienone is 1. The summed E-state index contributed by atoms with van der Waals surface area (Å²) in [5, 5.41) is 10.8. The minimum atomic E-state index is -0.607. The van der Waals surface area contributed by atoms with E-state index in [1.54, 1.807) is 18.2 Å². The zero-order valence-electron chi connectivity index (χ0n) is 22.5. The van der Waals surface area contributed by atoms with Gasteiger partial charge in [-0.2, -0.15) is 5.26 Å². The Hall–Kier alpha value is -4.70. The summed E-state index contributed by atoms with van der Waals surface area (Å²) in [6.07, 6.45) is 1.92. The molecule has 1 aliphatic rings. The van der Waals surface area contributed by atoms with E-state index in [0.717, 1.165) is 46.0 Å². The molecule has 0 bridgehead atoms. The summed E-state index contributed by atoms with van der Waals surface area (Å²) in [5.41, 5.74) is 11.5. The molecule has 0 fully saturated rings. The molecule has 1 atom stereocenters. The fourth-order valence-corrected chi connectivity index (χ4v) is 4.86. The van der Waals surface area contributed by atoms with E-state index >= 15 is 0 Å². The van der Waals surface area contributed by atoms with Gasteiger partial charge in [-0.05, 0) is 50.5 Å². The van der Waals surface area contributed by atoms with E-state index in [1.807, 2.05) is 57.2 Å². The van der Waals surface area contributed by atoms with Crippen molar-refractivity contribution in [3.63, 3.8) is 0 Å². The number of para-hydroxylation sites is 1. The second-order valence-corrected chi connectivity index (χ2v) is 9.69. The van der Waals surface area contributed by atoms with Gasteiger partial charge in [-0.25, -0.2) is 4.79 Å². The number of rotatable bonds is 7. The summed E-state index contributed by atoms with van der Waals surface area (Å²) in [7, 11) is 0. The number of ether oxygens (including phenoxy) is 3. The van der Waals surface area contributed by atoms with Crippen LogP contribution in [0.1, 0.15) is 64.1 Å². The topological polar surface area (TPSA) is 108 Å². The number of carbonyl (C=O) groups is 1. The van der Waals surface area contributed by atoms with Crippen LogP contribution in [0.2, 0.25) is 0 Å². The minimum Gasteiger partial charge on any atom is -0.493 e. The van der Waals surface area contributed by atoms with Gasteiger partial charge < -0.3 is 24.4 Å². The van der Waals surface area contributed by atoms with Gasteiger partial charge in [-0.15, -0.1) is 0 Å². The Morgan fingerprint density at radius 3 is 2.62 bits per heavy atom. The number of nitrogens with zero attached hydrogens (tertiary/aromatic N) is 1. The molecule has 198 valence electrons. The van der Waals surface area contributed by atoms with Crippen LogP contribution >= 0.6 is 0 Å². The summed E-state index contributed by atoms with van der Waals surface area (Å²) in [4.78, 5) is 13.1. The van der Waals surface area contributed by atoms with Crippen molar-refractivity contribution in [2.24, 2.45) is 5.73 Å². The lowest BCUT2D eigenvalue weighted by atomic mass is 9.83. The van der Waals surface area contributed by atoms with Crippen LogP contribution in [0.4, 0.5) is 0 Å². The largest absolute Gasteiger partial charge is 0.493 e. The highest BCUT2D eigenvalue weighted by Crippen LogP contribution is 2.46. The van der Waals surface area contributed by atoms with Crippen molar-refractivity contribution in [2.45, 2.75) is 46.5 Å². The van der Waals surface area contributed by atoms with E-state index < -0.39 is 11.9 Å². The Kier molecular flexibility index (Phi) is 7.03. The normalized spacial score (nSPS) is 14.5. The van der Waals surface area contributed by atoms with E-state index in [1.165, 1.54) is 0 Å². The molecule has 2 heterocycles. The summed E-state index contributed by atoms with van der Waals surface area (Å²) in [6, 6.07) is 18.8. The Balaban J connectivity index is 1.49. The first-order valence-electron chi connectivity index (χ1n) is 13.0. The number of hydrogen-bond acceptors (Lipinski definition) is 7. The quantitative estimate of drug-likeness (QED) is 0.159. The van der Waals surface area contributed by atoms with Crippen LogP contribution < -0.4 is 19.9 Å². The van der Waals surface area contributed by atoms with Crippen LogP contribution in [0.25, 0.3) is 11.0 Å². The number of furan rings is 1. The highest BCUT2D eigenvalue weighted by molar-refractivity contribution is 5.98. The predicted molar refractivity (Wildman–Crippen MR) is 148 cm³/mol. The third-order valence-electron chi connectivity index (χ3n) is 7.20. The summed E-state index contributed by atoms with van der Waals surface area (Å²) < 4.78 is 23.5. The average molecular weight is 523 g/mol. The van der Waals surface area contributed by atoms with Crippen molar-refractivity contribution in [3.8, 4) is 23.3 Å². The molecule has 0 aliphatic carbocycles. The zero-order valence-corrected chi connectivity index (χ0v) is 22.5. The molecule has 1 aliphatic heterocycles. The molecule has 0 saturated heterocycles. The van der Waals surface area contributed by atoms with Crippen molar-refractivity contribution in [1.82, 2.24) is 0 Å². The molecule has 0 saturated carbocycles. The van der Waals surface area contributed by atoms with Crippen molar-refractivity contribution in [3.05, 3.63) is 99.6 Å². The molecule has 7 heteroatoms. The predicted octanol–water partition coefficient (Wildman–Crippen LogP) is 6.97. The van der Waals surface area contributed by atoms with Gasteiger partial charge >= 0.3 is 5.97 Å². The lowest BCUT2D eigenvalue weighted by Crippen LogP contribution is -2.21. The molecule has 1 aromatic heterocycles. The van der Waals surface area contributed by atoms with E-state index in [2.05, 4.69) is 13.0 Å². The number of aryl methyl sites for hydroxylation is 3. The highest BCUT2D eigenvalue weighted by Gasteiger charge is 2.33. The molecular weight excluding hydrogens is 492 g/mol. The highest BCUT2D eigenvalue weighted by atomic mass is 16.5. The number of unbranched alkanes of at least 4 members (excludes halogenated alkanes) is 1. The van der Waals surface area contributed by atoms with Gasteiger partial charge in [0.05, 0.1) is 12.5 Å². The van der Waals surface area contributed by atoms with Gasteiger partial charge in [0, 0.05) is 28.1 Å². The summed E-state index contributed by atoms with van der Waals surface area (Å²) >= 11 is 0. The second kappa shape index (κ2) is 10.6. The van der Waals surface area contributed by atoms with Gasteiger partial charge in [0.2, 0.25) is 11.6 Å². The van der Waals surface area contributed by atoms with Gasteiger partial charge in [0.1, 0.15) is 34.5 Å². The Morgan fingerprint density at radius 2 is 1.85 bits per heavy atom. The van der Waals surface area contributed by atoms with Crippen molar-refractivity contribution in [1.29, 1.82) is 5.26 Å². The number of fused-ring (bicyclic) bond motifs is 2. The van der Waals surface area contributed by atoms with Crippen LogP contribution in [-0.2, 0) is 0 Å². The maximum absolute atomic E-state index is 13.1. The Bertz CT molecular complexity index is 1660. The number of benzene rings is 3. The third kappa shape index (κ3) is 4.70. The van der Waals surface area contributed by atoms with Gasteiger partial charge in [-0.1, -0.05) is 49.7 Å². The SMILES string of the molecule is CCCCOc1ccccc1C1C(C#N)=C(N)Oc2cc(OC(=O)c3oc4c(C)c(C)ccc4c3C)ccc21. The van der Waals surface area contributed by atoms with Crippen molar-refractivity contribution in [2.75, 3.05) is 6.61 Å². The standard InChI is InChI=1S/C32H30N2O5/c1-5-6-15-36-26-10-8-7-9-23(26)28-24-14-12-21(16-27(24)38-31(34)25(28)17-33)37-32(35)30-20(4)22-13-11-18(2)19(3)29(22)39-30/h7-14,16,28H,5-6,15,34H2,1-4H3. The Labute approximate surface area is 227 Å². The fourth-order valence-electron chi connectivity index (χ4n) is 4.86. The monoisotopic (exact) mass is 522 g/mol. The first kappa shape index (κ1) is 25.9. The van der Waals surface area contributed by atoms with Crippen molar-refractivity contribution < 1.29 is 23.4 Å². The molecule has 4 aromatic rings. The molecule has 0 amide bonds. The van der Waals surface area contributed by atoms with Crippen molar-refractivity contribution >= 4 is 16.9 Å². The number of nitriles is 1. The van der Waals surface area contributed by atoms with E-state index in [-0.39, 0.29) is 17.4 Å². The molecule has 7 nitrogen and oxygen atoms in total. The maximum atomic E-state index is 13.1. The van der Waals surface area contributed by atoms with Crippen LogP contribution in [-0.4, -0.2) is 12.6 Å². The lowest BCUT2D eigenvalue weighted by Gasteiger charge is -2.28. The van der Waals surface area contributed by atoms with E-state index in [9.17, 15) is 10.1 Å². The molecule has 3 aromatic carbocycles. The van der Waals surface area contributed by atoms with E-state index in [0.29, 0.717) is 29.3 Å². The van der Waals surface area contributed by atoms with Gasteiger partial charge in [0.15, 0.2) is 0 Å². The maximum Gasteiger partial charge on any atom is 0.379 e. The fraction of sp³-hybridized carbons (Fsp3) is 0.250. The van der Waals surface area contributed by atoms with Crippen LogP contribution in [0.15, 0.2) is 70.5 Å². The number of esters is 1. The minimum absolute atomic E-state index is 0.000751. The molecule has 0 radical (unpaired) electrons. The van der Waals surface area contributed by atoms with Gasteiger partial charge in [0.25, 0.3) is 0 Å². The zero-order chi connectivity index (χ0) is 27.7.